The molecule has 1 aromatic carbocycles. The minimum absolute atomic E-state index is 0. The third-order valence-electron chi connectivity index (χ3n) is 5.16. The number of likely N-dealkylation sites (N-methyl/N-ethyl adjacent to an activating group) is 1. The van der Waals surface area contributed by atoms with Crippen LogP contribution < -0.4 is 21.7 Å². The number of benzene rings is 1. The van der Waals surface area contributed by atoms with Gasteiger partial charge in [0.25, 0.3) is 0 Å². The Hall–Kier alpha value is -0.780. The van der Waals surface area contributed by atoms with Gasteiger partial charge < -0.3 is 26.5 Å². The van der Waals surface area contributed by atoms with Gasteiger partial charge in [0, 0.05) is 11.9 Å². The SMILES string of the molecule is CCCCCCCCCC[N+](C)(CCOC(C)=O)COc1ccc(Cl)cc1C.[Br-]. The fourth-order valence-corrected chi connectivity index (χ4v) is 3.50. The topological polar surface area (TPSA) is 35.5 Å². The van der Waals surface area contributed by atoms with E-state index < -0.39 is 0 Å². The molecule has 0 saturated heterocycles. The highest BCUT2D eigenvalue weighted by atomic mass is 79.9. The maximum atomic E-state index is 11.1. The Kier molecular flexibility index (Phi) is 15.6. The van der Waals surface area contributed by atoms with Crippen LogP contribution in [0.15, 0.2) is 18.2 Å². The Morgan fingerprint density at radius 1 is 1.03 bits per heavy atom. The molecule has 29 heavy (non-hydrogen) atoms. The van der Waals surface area contributed by atoms with Gasteiger partial charge in [-0.1, -0.05) is 57.0 Å². The highest BCUT2D eigenvalue weighted by molar-refractivity contribution is 6.30. The van der Waals surface area contributed by atoms with Crippen LogP contribution in [-0.4, -0.2) is 43.9 Å². The van der Waals surface area contributed by atoms with E-state index in [1.165, 1.54) is 51.9 Å². The number of rotatable bonds is 15. The standard InChI is InChI=1S/C23H39ClNO3.BrH/c1-5-6-7-8-9-10-11-12-15-25(4,16-17-27-21(3)26)19-28-23-14-13-22(24)18-20(23)2;/h13-14,18H,5-12,15-17,19H2,1-4H3;1H/q+1;/p-1. The normalized spacial score (nSPS) is 12.7. The second-order valence-electron chi connectivity index (χ2n) is 8.06. The first-order valence-corrected chi connectivity index (χ1v) is 11.1. The van der Waals surface area contributed by atoms with E-state index in [-0.39, 0.29) is 23.0 Å². The van der Waals surface area contributed by atoms with Crippen molar-refractivity contribution in [2.45, 2.75) is 72.1 Å². The molecule has 0 amide bonds. The van der Waals surface area contributed by atoms with Crippen LogP contribution in [0.25, 0.3) is 0 Å². The van der Waals surface area contributed by atoms with Gasteiger partial charge in [0.1, 0.15) is 18.9 Å². The lowest BCUT2D eigenvalue weighted by molar-refractivity contribution is -0.924. The third kappa shape index (κ3) is 13.2. The van der Waals surface area contributed by atoms with Gasteiger partial charge in [-0.2, -0.15) is 0 Å². The smallest absolute Gasteiger partial charge is 0.302 e. The highest BCUT2D eigenvalue weighted by Crippen LogP contribution is 2.23. The monoisotopic (exact) mass is 491 g/mol. The van der Waals surface area contributed by atoms with Crippen LogP contribution in [0.4, 0.5) is 0 Å². The van der Waals surface area contributed by atoms with Gasteiger partial charge in [0.05, 0.1) is 13.6 Å². The van der Waals surface area contributed by atoms with Crippen molar-refractivity contribution in [3.05, 3.63) is 28.8 Å². The Bertz CT molecular complexity index is 585. The Labute approximate surface area is 193 Å². The van der Waals surface area contributed by atoms with Crippen LogP contribution in [0, 0.1) is 6.92 Å². The molecule has 1 rings (SSSR count). The first kappa shape index (κ1) is 28.2. The van der Waals surface area contributed by atoms with Gasteiger partial charge in [-0.15, -0.1) is 0 Å². The number of halogens is 2. The van der Waals surface area contributed by atoms with Gasteiger partial charge >= 0.3 is 5.97 Å². The van der Waals surface area contributed by atoms with Crippen LogP contribution in [-0.2, 0) is 9.53 Å². The van der Waals surface area contributed by atoms with E-state index >= 15 is 0 Å². The number of esters is 1. The second-order valence-corrected chi connectivity index (χ2v) is 8.50. The summed E-state index contributed by atoms with van der Waals surface area (Å²) in [5.41, 5.74) is 1.03. The molecule has 1 unspecified atom stereocenters. The molecule has 4 nitrogen and oxygen atoms in total. The molecule has 0 spiro atoms. The van der Waals surface area contributed by atoms with Gasteiger partial charge in [0.15, 0.2) is 0 Å². The summed E-state index contributed by atoms with van der Waals surface area (Å²) in [4.78, 5) is 11.1. The molecule has 0 bridgehead atoms. The molecule has 1 atom stereocenters. The molecule has 0 heterocycles. The quantitative estimate of drug-likeness (QED) is 0.163. The minimum Gasteiger partial charge on any atom is -1.00 e. The van der Waals surface area contributed by atoms with Crippen LogP contribution in [0.3, 0.4) is 0 Å². The maximum absolute atomic E-state index is 11.1. The molecule has 0 saturated carbocycles. The van der Waals surface area contributed by atoms with Crippen LogP contribution >= 0.6 is 11.6 Å². The molecule has 6 heteroatoms. The third-order valence-corrected chi connectivity index (χ3v) is 5.39. The zero-order valence-electron chi connectivity index (χ0n) is 18.6. The number of quaternary nitrogens is 1. The minimum atomic E-state index is -0.229. The lowest BCUT2D eigenvalue weighted by Gasteiger charge is -2.34. The molecule has 0 aliphatic heterocycles. The molecule has 0 N–H and O–H groups in total. The summed E-state index contributed by atoms with van der Waals surface area (Å²) in [7, 11) is 2.18. The van der Waals surface area contributed by atoms with Crippen molar-refractivity contribution in [2.24, 2.45) is 0 Å². The van der Waals surface area contributed by atoms with Crippen LogP contribution in [0.1, 0.15) is 70.8 Å². The molecule has 0 radical (unpaired) electrons. The molecule has 168 valence electrons. The zero-order valence-corrected chi connectivity index (χ0v) is 21.0. The lowest BCUT2D eigenvalue weighted by atomic mass is 10.1. The fraction of sp³-hybridized carbons (Fsp3) is 0.696. The predicted molar refractivity (Wildman–Crippen MR) is 117 cm³/mol. The van der Waals surface area contributed by atoms with Crippen molar-refractivity contribution in [1.29, 1.82) is 0 Å². The van der Waals surface area contributed by atoms with Crippen molar-refractivity contribution in [2.75, 3.05) is 33.5 Å². The number of aryl methyl sites for hydroxylation is 1. The van der Waals surface area contributed by atoms with Gasteiger partial charge in [-0.3, -0.25) is 9.28 Å². The first-order valence-electron chi connectivity index (χ1n) is 10.7. The van der Waals surface area contributed by atoms with E-state index in [2.05, 4.69) is 14.0 Å². The number of unbranched alkanes of at least 4 members (excludes halogenated alkanes) is 7. The van der Waals surface area contributed by atoms with Crippen molar-refractivity contribution >= 4 is 17.6 Å². The summed E-state index contributed by atoms with van der Waals surface area (Å²) >= 11 is 6.04. The van der Waals surface area contributed by atoms with E-state index in [1.54, 1.807) is 0 Å². The molecule has 0 aromatic heterocycles. The van der Waals surface area contributed by atoms with E-state index in [0.717, 1.165) is 40.3 Å². The van der Waals surface area contributed by atoms with E-state index in [1.807, 2.05) is 25.1 Å². The van der Waals surface area contributed by atoms with Gasteiger partial charge in [0.2, 0.25) is 6.73 Å². The summed E-state index contributed by atoms with van der Waals surface area (Å²) in [5.74, 6) is 0.630. The van der Waals surface area contributed by atoms with Gasteiger partial charge in [-0.25, -0.2) is 0 Å². The van der Waals surface area contributed by atoms with Crippen molar-refractivity contribution in [3.8, 4) is 5.75 Å². The molecule has 1 aromatic rings. The maximum Gasteiger partial charge on any atom is 0.302 e. The molecule has 0 aliphatic carbocycles. The lowest BCUT2D eigenvalue weighted by Crippen LogP contribution is -3.00. The summed E-state index contributed by atoms with van der Waals surface area (Å²) in [6.45, 7) is 8.46. The molecule has 0 fully saturated rings. The Morgan fingerprint density at radius 2 is 1.66 bits per heavy atom. The largest absolute Gasteiger partial charge is 1.00 e. The zero-order chi connectivity index (χ0) is 20.8. The fourth-order valence-electron chi connectivity index (χ4n) is 3.28. The van der Waals surface area contributed by atoms with Crippen molar-refractivity contribution in [3.63, 3.8) is 0 Å². The van der Waals surface area contributed by atoms with Crippen molar-refractivity contribution < 1.29 is 35.7 Å². The number of hydrogen-bond donors (Lipinski definition) is 0. The summed E-state index contributed by atoms with van der Waals surface area (Å²) in [6, 6.07) is 5.69. The van der Waals surface area contributed by atoms with E-state index in [0.29, 0.717) is 13.3 Å². The number of ether oxygens (including phenoxy) is 2. The number of nitrogens with zero attached hydrogens (tertiary/aromatic N) is 1. The van der Waals surface area contributed by atoms with Gasteiger partial charge in [-0.05, 0) is 43.5 Å². The van der Waals surface area contributed by atoms with Crippen molar-refractivity contribution in [1.82, 2.24) is 0 Å². The second kappa shape index (κ2) is 16.0. The van der Waals surface area contributed by atoms with Crippen LogP contribution in [0.2, 0.25) is 5.02 Å². The Balaban J connectivity index is 0.00000784. The average Bonchev–Trinajstić information content (AvgIpc) is 2.63. The predicted octanol–water partition coefficient (Wildman–Crippen LogP) is 3.14. The summed E-state index contributed by atoms with van der Waals surface area (Å²) in [5, 5.41) is 0.718. The highest BCUT2D eigenvalue weighted by Gasteiger charge is 2.23. The average molecular weight is 493 g/mol. The molecular formula is C23H39BrClNO3. The van der Waals surface area contributed by atoms with E-state index in [9.17, 15) is 4.79 Å². The molecule has 0 aliphatic rings. The first-order chi connectivity index (χ1) is 13.4. The van der Waals surface area contributed by atoms with Crippen LogP contribution in [0.5, 0.6) is 5.75 Å². The summed E-state index contributed by atoms with van der Waals surface area (Å²) in [6.07, 6.45) is 10.4. The molecular weight excluding hydrogens is 454 g/mol. The summed E-state index contributed by atoms with van der Waals surface area (Å²) < 4.78 is 12.0. The number of carbonyl (C=O) groups is 1. The number of hydrogen-bond acceptors (Lipinski definition) is 3. The Morgan fingerprint density at radius 3 is 2.24 bits per heavy atom. The number of carbonyl (C=O) groups excluding carboxylic acids is 1. The van der Waals surface area contributed by atoms with E-state index in [4.69, 9.17) is 21.1 Å².